The van der Waals surface area contributed by atoms with Crippen molar-refractivity contribution in [2.24, 2.45) is 4.99 Å². The van der Waals surface area contributed by atoms with E-state index in [1.165, 1.54) is 31.3 Å². The largest absolute Gasteiger partial charge is 0.416 e. The van der Waals surface area contributed by atoms with Crippen molar-refractivity contribution >= 4 is 29.9 Å². The van der Waals surface area contributed by atoms with Crippen LogP contribution in [0.15, 0.2) is 47.5 Å². The molecule has 0 amide bonds. The van der Waals surface area contributed by atoms with E-state index in [1.807, 2.05) is 6.07 Å². The molecule has 0 spiro atoms. The van der Waals surface area contributed by atoms with Gasteiger partial charge in [0.15, 0.2) is 5.96 Å². The standard InChI is InChI=1S/C18H16F4N4.HI/c1-24-17(26-11-14-7-12(9-23)5-6-16(14)19)25-10-13-3-2-4-15(8-13)18(20,21)22;/h2-8H,10-11H2,1H3,(H2,24,25,26);1H. The molecule has 0 bridgehead atoms. The van der Waals surface area contributed by atoms with Gasteiger partial charge in [0, 0.05) is 25.7 Å². The van der Waals surface area contributed by atoms with E-state index in [1.54, 1.807) is 6.07 Å². The minimum absolute atomic E-state index is 0. The zero-order valence-corrected chi connectivity index (χ0v) is 16.6. The Balaban J connectivity index is 0.00000364. The molecular weight excluding hydrogens is 475 g/mol. The maximum Gasteiger partial charge on any atom is 0.416 e. The van der Waals surface area contributed by atoms with Crippen LogP contribution in [-0.4, -0.2) is 13.0 Å². The molecule has 27 heavy (non-hydrogen) atoms. The molecule has 0 saturated heterocycles. The smallest absolute Gasteiger partial charge is 0.352 e. The molecular formula is C18H17F4IN4. The zero-order chi connectivity index (χ0) is 19.2. The maximum atomic E-state index is 13.8. The van der Waals surface area contributed by atoms with E-state index in [9.17, 15) is 17.6 Å². The van der Waals surface area contributed by atoms with Gasteiger partial charge < -0.3 is 10.6 Å². The van der Waals surface area contributed by atoms with Crippen molar-refractivity contribution in [2.45, 2.75) is 19.3 Å². The lowest BCUT2D eigenvalue weighted by atomic mass is 10.1. The van der Waals surface area contributed by atoms with Crippen molar-refractivity contribution in [1.82, 2.24) is 10.6 Å². The van der Waals surface area contributed by atoms with Crippen molar-refractivity contribution in [1.29, 1.82) is 5.26 Å². The highest BCUT2D eigenvalue weighted by atomic mass is 127. The molecule has 0 unspecified atom stereocenters. The van der Waals surface area contributed by atoms with E-state index < -0.39 is 17.6 Å². The molecule has 0 aliphatic rings. The fourth-order valence-corrected chi connectivity index (χ4v) is 2.22. The fourth-order valence-electron chi connectivity index (χ4n) is 2.22. The minimum atomic E-state index is -4.40. The van der Waals surface area contributed by atoms with Gasteiger partial charge in [0.2, 0.25) is 0 Å². The highest BCUT2D eigenvalue weighted by Crippen LogP contribution is 2.29. The number of halogens is 5. The Hall–Kier alpha value is -2.35. The molecule has 0 saturated carbocycles. The lowest BCUT2D eigenvalue weighted by molar-refractivity contribution is -0.137. The molecule has 0 atom stereocenters. The normalized spacial score (nSPS) is 11.3. The first-order valence-corrected chi connectivity index (χ1v) is 7.62. The second-order valence-electron chi connectivity index (χ2n) is 5.40. The van der Waals surface area contributed by atoms with Crippen LogP contribution in [0, 0.1) is 17.1 Å². The highest BCUT2D eigenvalue weighted by molar-refractivity contribution is 14.0. The summed E-state index contributed by atoms with van der Waals surface area (Å²) in [6.45, 7) is 0.188. The van der Waals surface area contributed by atoms with Crippen LogP contribution in [-0.2, 0) is 19.3 Å². The number of guanidine groups is 1. The Morgan fingerprint density at radius 3 is 2.44 bits per heavy atom. The third-order valence-corrected chi connectivity index (χ3v) is 3.56. The van der Waals surface area contributed by atoms with Gasteiger partial charge >= 0.3 is 6.18 Å². The third kappa shape index (κ3) is 6.71. The molecule has 0 aromatic heterocycles. The summed E-state index contributed by atoms with van der Waals surface area (Å²) in [6.07, 6.45) is -4.40. The molecule has 2 N–H and O–H groups in total. The Kier molecular flexibility index (Phi) is 8.49. The maximum absolute atomic E-state index is 13.8. The first-order chi connectivity index (χ1) is 12.3. The van der Waals surface area contributed by atoms with Crippen LogP contribution < -0.4 is 10.6 Å². The monoisotopic (exact) mass is 492 g/mol. The van der Waals surface area contributed by atoms with Gasteiger partial charge in [-0.25, -0.2) is 4.39 Å². The zero-order valence-electron chi connectivity index (χ0n) is 14.3. The summed E-state index contributed by atoms with van der Waals surface area (Å²) in [4.78, 5) is 3.95. The number of benzene rings is 2. The Morgan fingerprint density at radius 2 is 1.81 bits per heavy atom. The number of aliphatic imine (C=N–C) groups is 1. The SMILES string of the molecule is CN=C(NCc1cccc(C(F)(F)F)c1)NCc1cc(C#N)ccc1F.I. The highest BCUT2D eigenvalue weighted by Gasteiger charge is 2.30. The molecule has 144 valence electrons. The lowest BCUT2D eigenvalue weighted by Gasteiger charge is -2.13. The third-order valence-electron chi connectivity index (χ3n) is 3.56. The minimum Gasteiger partial charge on any atom is -0.352 e. The van der Waals surface area contributed by atoms with E-state index in [0.29, 0.717) is 17.1 Å². The van der Waals surface area contributed by atoms with Crippen molar-refractivity contribution in [3.8, 4) is 6.07 Å². The summed E-state index contributed by atoms with van der Waals surface area (Å²) in [5, 5.41) is 14.6. The average Bonchev–Trinajstić information content (AvgIpc) is 2.62. The van der Waals surface area contributed by atoms with Crippen LogP contribution in [0.5, 0.6) is 0 Å². The quantitative estimate of drug-likeness (QED) is 0.291. The molecule has 9 heteroatoms. The van der Waals surface area contributed by atoms with Crippen molar-refractivity contribution in [3.63, 3.8) is 0 Å². The average molecular weight is 492 g/mol. The van der Waals surface area contributed by atoms with Crippen LogP contribution in [0.2, 0.25) is 0 Å². The van der Waals surface area contributed by atoms with Gasteiger partial charge in [0.05, 0.1) is 17.2 Å². The van der Waals surface area contributed by atoms with Gasteiger partial charge in [-0.05, 0) is 35.9 Å². The number of alkyl halides is 3. The van der Waals surface area contributed by atoms with Crippen LogP contribution in [0.25, 0.3) is 0 Å². The van der Waals surface area contributed by atoms with Crippen LogP contribution in [0.1, 0.15) is 22.3 Å². The van der Waals surface area contributed by atoms with Crippen molar-refractivity contribution < 1.29 is 17.6 Å². The molecule has 0 aliphatic heterocycles. The summed E-state index contributed by atoms with van der Waals surface area (Å²) < 4.78 is 51.9. The van der Waals surface area contributed by atoms with E-state index in [4.69, 9.17) is 5.26 Å². The van der Waals surface area contributed by atoms with E-state index in [-0.39, 0.29) is 42.6 Å². The summed E-state index contributed by atoms with van der Waals surface area (Å²) in [7, 11) is 1.49. The molecule has 0 fully saturated rings. The Bertz CT molecular complexity index is 844. The summed E-state index contributed by atoms with van der Waals surface area (Å²) in [5.74, 6) is -0.172. The van der Waals surface area contributed by atoms with Gasteiger partial charge in [-0.2, -0.15) is 18.4 Å². The van der Waals surface area contributed by atoms with E-state index in [2.05, 4.69) is 15.6 Å². The van der Waals surface area contributed by atoms with E-state index in [0.717, 1.165) is 12.1 Å². The lowest BCUT2D eigenvalue weighted by Crippen LogP contribution is -2.36. The predicted octanol–water partition coefficient (Wildman–Crippen LogP) is 4.20. The summed E-state index contributed by atoms with van der Waals surface area (Å²) in [5.41, 5.74) is 0.316. The second kappa shape index (κ2) is 10.1. The number of nitriles is 1. The first kappa shape index (κ1) is 22.7. The number of hydrogen-bond acceptors (Lipinski definition) is 2. The Labute approximate surface area is 171 Å². The van der Waals surface area contributed by atoms with Gasteiger partial charge in [-0.1, -0.05) is 12.1 Å². The van der Waals surface area contributed by atoms with Crippen molar-refractivity contribution in [3.05, 3.63) is 70.5 Å². The molecule has 0 aliphatic carbocycles. The molecule has 2 rings (SSSR count). The molecule has 4 nitrogen and oxygen atoms in total. The molecule has 0 radical (unpaired) electrons. The number of rotatable bonds is 4. The summed E-state index contributed by atoms with van der Waals surface area (Å²) >= 11 is 0. The number of nitrogens with zero attached hydrogens (tertiary/aromatic N) is 2. The van der Waals surface area contributed by atoms with Gasteiger partial charge in [0.1, 0.15) is 5.82 Å². The van der Waals surface area contributed by atoms with Gasteiger partial charge in [-0.3, -0.25) is 4.99 Å². The molecule has 2 aromatic rings. The molecule has 2 aromatic carbocycles. The first-order valence-electron chi connectivity index (χ1n) is 7.62. The fraction of sp³-hybridized carbons (Fsp3) is 0.222. The number of hydrogen-bond donors (Lipinski definition) is 2. The van der Waals surface area contributed by atoms with Gasteiger partial charge in [-0.15, -0.1) is 24.0 Å². The predicted molar refractivity (Wildman–Crippen MR) is 105 cm³/mol. The number of nitrogens with one attached hydrogen (secondary N) is 2. The summed E-state index contributed by atoms with van der Waals surface area (Å²) in [6, 6.07) is 10.9. The van der Waals surface area contributed by atoms with Crippen LogP contribution >= 0.6 is 24.0 Å². The van der Waals surface area contributed by atoms with Gasteiger partial charge in [0.25, 0.3) is 0 Å². The van der Waals surface area contributed by atoms with E-state index >= 15 is 0 Å². The van der Waals surface area contributed by atoms with Crippen molar-refractivity contribution in [2.75, 3.05) is 7.05 Å². The molecule has 0 heterocycles. The second-order valence-corrected chi connectivity index (χ2v) is 5.40. The Morgan fingerprint density at radius 1 is 1.11 bits per heavy atom. The van der Waals surface area contributed by atoms with Crippen LogP contribution in [0.3, 0.4) is 0 Å². The van der Waals surface area contributed by atoms with Crippen LogP contribution in [0.4, 0.5) is 17.6 Å². The topological polar surface area (TPSA) is 60.2 Å².